The molecule has 1 atom stereocenters. The molecule has 1 aliphatic heterocycles. The standard InChI is InChI=1S/C12H14O3/c13-12-8-11(6-7-14-12)15-9-10-4-2-1-3-5-10/h1-5,11H,6-9H2. The van der Waals surface area contributed by atoms with Gasteiger partial charge in [-0.1, -0.05) is 30.3 Å². The molecule has 0 bridgehead atoms. The zero-order valence-electron chi connectivity index (χ0n) is 8.52. The normalized spacial score (nSPS) is 21.1. The van der Waals surface area contributed by atoms with Gasteiger partial charge in [0.25, 0.3) is 0 Å². The molecule has 1 saturated heterocycles. The molecule has 3 nitrogen and oxygen atoms in total. The first-order chi connectivity index (χ1) is 7.34. The second-order valence-corrected chi connectivity index (χ2v) is 3.63. The lowest BCUT2D eigenvalue weighted by atomic mass is 10.1. The lowest BCUT2D eigenvalue weighted by molar-refractivity contribution is -0.154. The fraction of sp³-hybridized carbons (Fsp3) is 0.417. The average molecular weight is 206 g/mol. The molecule has 3 heteroatoms. The minimum absolute atomic E-state index is 0.0199. The molecule has 1 aromatic rings. The number of carbonyl (C=O) groups excluding carboxylic acids is 1. The molecular weight excluding hydrogens is 192 g/mol. The Bertz CT molecular complexity index is 321. The van der Waals surface area contributed by atoms with Gasteiger partial charge in [0.1, 0.15) is 0 Å². The van der Waals surface area contributed by atoms with E-state index in [9.17, 15) is 4.79 Å². The Morgan fingerprint density at radius 2 is 2.13 bits per heavy atom. The van der Waals surface area contributed by atoms with Crippen LogP contribution in [0.25, 0.3) is 0 Å². The molecule has 1 heterocycles. The van der Waals surface area contributed by atoms with E-state index in [-0.39, 0.29) is 12.1 Å². The van der Waals surface area contributed by atoms with Crippen LogP contribution < -0.4 is 0 Å². The zero-order valence-corrected chi connectivity index (χ0v) is 8.52. The van der Waals surface area contributed by atoms with E-state index in [0.717, 1.165) is 12.0 Å². The maximum Gasteiger partial charge on any atom is 0.308 e. The Balaban J connectivity index is 1.80. The fourth-order valence-electron chi connectivity index (χ4n) is 1.58. The van der Waals surface area contributed by atoms with Gasteiger partial charge in [0.15, 0.2) is 0 Å². The second-order valence-electron chi connectivity index (χ2n) is 3.63. The summed E-state index contributed by atoms with van der Waals surface area (Å²) in [6, 6.07) is 9.96. The molecule has 0 saturated carbocycles. The van der Waals surface area contributed by atoms with Crippen molar-refractivity contribution in [2.24, 2.45) is 0 Å². The van der Waals surface area contributed by atoms with Crippen LogP contribution in [-0.4, -0.2) is 18.7 Å². The highest BCUT2D eigenvalue weighted by atomic mass is 16.5. The van der Waals surface area contributed by atoms with Gasteiger partial charge in [0.05, 0.1) is 25.7 Å². The summed E-state index contributed by atoms with van der Waals surface area (Å²) in [5.74, 6) is -0.153. The number of hydrogen-bond acceptors (Lipinski definition) is 3. The summed E-state index contributed by atoms with van der Waals surface area (Å²) in [7, 11) is 0. The smallest absolute Gasteiger partial charge is 0.308 e. The molecule has 0 N–H and O–H groups in total. The van der Waals surface area contributed by atoms with Crippen LogP contribution in [0.1, 0.15) is 18.4 Å². The van der Waals surface area contributed by atoms with Crippen LogP contribution in [0.3, 0.4) is 0 Å². The molecule has 0 aliphatic carbocycles. The lowest BCUT2D eigenvalue weighted by Gasteiger charge is -2.21. The van der Waals surface area contributed by atoms with E-state index >= 15 is 0 Å². The quantitative estimate of drug-likeness (QED) is 0.709. The predicted molar refractivity (Wildman–Crippen MR) is 55.2 cm³/mol. The maximum absolute atomic E-state index is 11.0. The summed E-state index contributed by atoms with van der Waals surface area (Å²) in [5.41, 5.74) is 1.14. The molecule has 0 radical (unpaired) electrons. The number of ether oxygens (including phenoxy) is 2. The van der Waals surface area contributed by atoms with Crippen molar-refractivity contribution >= 4 is 5.97 Å². The highest BCUT2D eigenvalue weighted by Crippen LogP contribution is 2.14. The molecule has 1 unspecified atom stereocenters. The van der Waals surface area contributed by atoms with Crippen molar-refractivity contribution in [3.05, 3.63) is 35.9 Å². The number of rotatable bonds is 3. The third-order valence-electron chi connectivity index (χ3n) is 2.43. The molecule has 0 aromatic heterocycles. The highest BCUT2D eigenvalue weighted by Gasteiger charge is 2.20. The van der Waals surface area contributed by atoms with Crippen LogP contribution >= 0.6 is 0 Å². The van der Waals surface area contributed by atoms with Crippen LogP contribution in [0.4, 0.5) is 0 Å². The first-order valence-corrected chi connectivity index (χ1v) is 5.16. The second kappa shape index (κ2) is 4.94. The summed E-state index contributed by atoms with van der Waals surface area (Å²) in [6.07, 6.45) is 1.21. The molecule has 1 aliphatic rings. The number of esters is 1. The SMILES string of the molecule is O=C1CC(OCc2ccccc2)CCO1. The summed E-state index contributed by atoms with van der Waals surface area (Å²) in [4.78, 5) is 11.0. The Morgan fingerprint density at radius 3 is 2.87 bits per heavy atom. The third-order valence-corrected chi connectivity index (χ3v) is 2.43. The summed E-state index contributed by atoms with van der Waals surface area (Å²) in [6.45, 7) is 1.05. The topological polar surface area (TPSA) is 35.5 Å². The highest BCUT2D eigenvalue weighted by molar-refractivity contribution is 5.70. The number of benzene rings is 1. The molecule has 0 spiro atoms. The van der Waals surface area contributed by atoms with E-state index in [0.29, 0.717) is 19.6 Å². The molecule has 0 amide bonds. The van der Waals surface area contributed by atoms with E-state index in [1.165, 1.54) is 0 Å². The molecule has 2 rings (SSSR count). The van der Waals surface area contributed by atoms with Gasteiger partial charge >= 0.3 is 5.97 Å². The van der Waals surface area contributed by atoms with E-state index in [4.69, 9.17) is 9.47 Å². The van der Waals surface area contributed by atoms with Gasteiger partial charge in [0.2, 0.25) is 0 Å². The molecule has 1 aromatic carbocycles. The van der Waals surface area contributed by atoms with Crippen molar-refractivity contribution in [2.45, 2.75) is 25.6 Å². The van der Waals surface area contributed by atoms with Crippen LogP contribution in [0.5, 0.6) is 0 Å². The average Bonchev–Trinajstić information content (AvgIpc) is 2.28. The van der Waals surface area contributed by atoms with E-state index in [1.807, 2.05) is 30.3 Å². The Kier molecular flexibility index (Phi) is 3.35. The van der Waals surface area contributed by atoms with Crippen LogP contribution in [0, 0.1) is 0 Å². The van der Waals surface area contributed by atoms with Crippen molar-refractivity contribution in [1.82, 2.24) is 0 Å². The van der Waals surface area contributed by atoms with Crippen LogP contribution in [-0.2, 0) is 20.9 Å². The lowest BCUT2D eigenvalue weighted by Crippen LogP contribution is -2.27. The monoisotopic (exact) mass is 206 g/mol. The van der Waals surface area contributed by atoms with Gasteiger partial charge in [-0.2, -0.15) is 0 Å². The van der Waals surface area contributed by atoms with E-state index in [2.05, 4.69) is 0 Å². The van der Waals surface area contributed by atoms with Gasteiger partial charge in [-0.05, 0) is 5.56 Å². The number of hydrogen-bond donors (Lipinski definition) is 0. The predicted octanol–water partition coefficient (Wildman–Crippen LogP) is 1.91. The zero-order chi connectivity index (χ0) is 10.5. The fourth-order valence-corrected chi connectivity index (χ4v) is 1.58. The van der Waals surface area contributed by atoms with E-state index < -0.39 is 0 Å². The molecule has 80 valence electrons. The maximum atomic E-state index is 11.0. The van der Waals surface area contributed by atoms with Gasteiger partial charge in [-0.15, -0.1) is 0 Å². The van der Waals surface area contributed by atoms with Crippen molar-refractivity contribution in [1.29, 1.82) is 0 Å². The molecular formula is C12H14O3. The number of cyclic esters (lactones) is 1. The number of carbonyl (C=O) groups is 1. The van der Waals surface area contributed by atoms with Gasteiger partial charge in [-0.25, -0.2) is 0 Å². The van der Waals surface area contributed by atoms with Gasteiger partial charge < -0.3 is 9.47 Å². The van der Waals surface area contributed by atoms with E-state index in [1.54, 1.807) is 0 Å². The third kappa shape index (κ3) is 3.06. The molecule has 15 heavy (non-hydrogen) atoms. The summed E-state index contributed by atoms with van der Waals surface area (Å²) >= 11 is 0. The minimum Gasteiger partial charge on any atom is -0.465 e. The molecule has 1 fully saturated rings. The van der Waals surface area contributed by atoms with Gasteiger partial charge in [0, 0.05) is 6.42 Å². The van der Waals surface area contributed by atoms with Crippen LogP contribution in [0.15, 0.2) is 30.3 Å². The first kappa shape index (κ1) is 10.2. The largest absolute Gasteiger partial charge is 0.465 e. The summed E-state index contributed by atoms with van der Waals surface area (Å²) < 4.78 is 10.5. The van der Waals surface area contributed by atoms with Crippen molar-refractivity contribution in [3.63, 3.8) is 0 Å². The summed E-state index contributed by atoms with van der Waals surface area (Å²) in [5, 5.41) is 0. The Hall–Kier alpha value is -1.35. The minimum atomic E-state index is -0.153. The Labute approximate surface area is 89.0 Å². The van der Waals surface area contributed by atoms with Crippen molar-refractivity contribution in [2.75, 3.05) is 6.61 Å². The van der Waals surface area contributed by atoms with Crippen LogP contribution in [0.2, 0.25) is 0 Å². The van der Waals surface area contributed by atoms with Crippen molar-refractivity contribution in [3.8, 4) is 0 Å². The first-order valence-electron chi connectivity index (χ1n) is 5.16. The van der Waals surface area contributed by atoms with Gasteiger partial charge in [-0.3, -0.25) is 4.79 Å². The Morgan fingerprint density at radius 1 is 1.33 bits per heavy atom. The van der Waals surface area contributed by atoms with Crippen molar-refractivity contribution < 1.29 is 14.3 Å².